The summed E-state index contributed by atoms with van der Waals surface area (Å²) in [6.07, 6.45) is 6.39. The third kappa shape index (κ3) is 5.43. The second kappa shape index (κ2) is 9.15. The van der Waals surface area contributed by atoms with E-state index in [1.807, 2.05) is 0 Å². The number of piperidine rings is 2. The van der Waals surface area contributed by atoms with Crippen LogP contribution in [0.15, 0.2) is 0 Å². The molecule has 24 heavy (non-hydrogen) atoms. The summed E-state index contributed by atoms with van der Waals surface area (Å²) in [4.78, 5) is 14.8. The third-order valence-corrected chi connectivity index (χ3v) is 7.22. The van der Waals surface area contributed by atoms with Crippen molar-refractivity contribution in [3.63, 3.8) is 0 Å². The molecule has 2 aliphatic heterocycles. The van der Waals surface area contributed by atoms with Gasteiger partial charge < -0.3 is 10.2 Å². The zero-order valence-electron chi connectivity index (χ0n) is 15.2. The van der Waals surface area contributed by atoms with Crippen LogP contribution in [0.5, 0.6) is 0 Å². The van der Waals surface area contributed by atoms with Crippen molar-refractivity contribution in [3.8, 4) is 0 Å². The third-order valence-electron chi connectivity index (χ3n) is 5.38. The Morgan fingerprint density at radius 3 is 2.67 bits per heavy atom. The van der Waals surface area contributed by atoms with Gasteiger partial charge in [-0.3, -0.25) is 4.79 Å². The quantitative estimate of drug-likeness (QED) is 0.698. The van der Waals surface area contributed by atoms with Gasteiger partial charge in [0.1, 0.15) is 0 Å². The Kier molecular flexibility index (Phi) is 7.50. The Morgan fingerprint density at radius 2 is 1.96 bits per heavy atom. The highest BCUT2D eigenvalue weighted by atomic mass is 32.2. The van der Waals surface area contributed by atoms with Crippen molar-refractivity contribution in [1.82, 2.24) is 14.5 Å². The minimum atomic E-state index is -3.19. The maximum Gasteiger partial charge on any atom is 0.224 e. The van der Waals surface area contributed by atoms with Crippen molar-refractivity contribution < 1.29 is 13.2 Å². The lowest BCUT2D eigenvalue weighted by atomic mass is 9.99. The summed E-state index contributed by atoms with van der Waals surface area (Å²) in [6, 6.07) is 0.653. The molecule has 2 heterocycles. The topological polar surface area (TPSA) is 69.7 Å². The number of carbonyl (C=O) groups excluding carboxylic acids is 1. The normalized spacial score (nSPS) is 27.1. The van der Waals surface area contributed by atoms with E-state index in [1.165, 1.54) is 30.1 Å². The van der Waals surface area contributed by atoms with Gasteiger partial charge in [-0.2, -0.15) is 0 Å². The summed E-state index contributed by atoms with van der Waals surface area (Å²) in [7, 11) is -3.19. The molecule has 1 N–H and O–H groups in total. The monoisotopic (exact) mass is 359 g/mol. The van der Waals surface area contributed by atoms with Crippen molar-refractivity contribution in [2.75, 3.05) is 38.5 Å². The lowest BCUT2D eigenvalue weighted by molar-refractivity contribution is -0.126. The van der Waals surface area contributed by atoms with Crippen LogP contribution in [0.2, 0.25) is 0 Å². The van der Waals surface area contributed by atoms with Gasteiger partial charge in [0.15, 0.2) is 0 Å². The minimum absolute atomic E-state index is 0.0118. The van der Waals surface area contributed by atoms with Crippen LogP contribution in [0.4, 0.5) is 0 Å². The molecule has 0 aromatic carbocycles. The first kappa shape index (κ1) is 19.7. The summed E-state index contributed by atoms with van der Waals surface area (Å²) in [5.41, 5.74) is 0. The first-order valence-corrected chi connectivity index (χ1v) is 11.0. The zero-order chi connectivity index (χ0) is 17.6. The molecule has 2 atom stereocenters. The van der Waals surface area contributed by atoms with E-state index in [0.29, 0.717) is 25.7 Å². The Labute approximate surface area is 147 Å². The molecule has 7 heteroatoms. The molecule has 1 amide bonds. The summed E-state index contributed by atoms with van der Waals surface area (Å²) < 4.78 is 25.4. The second-order valence-electron chi connectivity index (χ2n) is 7.12. The lowest BCUT2D eigenvalue weighted by Crippen LogP contribution is -2.46. The molecule has 0 aromatic rings. The van der Waals surface area contributed by atoms with E-state index in [9.17, 15) is 13.2 Å². The summed E-state index contributed by atoms with van der Waals surface area (Å²) in [6.45, 7) is 7.70. The molecule has 2 rings (SSSR count). The van der Waals surface area contributed by atoms with Crippen molar-refractivity contribution in [1.29, 1.82) is 0 Å². The fourth-order valence-corrected chi connectivity index (χ4v) is 4.90. The van der Waals surface area contributed by atoms with E-state index in [0.717, 1.165) is 25.8 Å². The number of nitrogens with zero attached hydrogens (tertiary/aromatic N) is 2. The number of hydrogen-bond donors (Lipinski definition) is 1. The number of amides is 1. The number of likely N-dealkylation sites (tertiary alicyclic amines) is 1. The van der Waals surface area contributed by atoms with Crippen LogP contribution in [0.3, 0.4) is 0 Å². The number of hydrogen-bond acceptors (Lipinski definition) is 4. The van der Waals surface area contributed by atoms with Crippen LogP contribution in [-0.2, 0) is 14.8 Å². The number of sulfonamides is 1. The lowest BCUT2D eigenvalue weighted by Gasteiger charge is -2.33. The van der Waals surface area contributed by atoms with Crippen molar-refractivity contribution in [3.05, 3.63) is 0 Å². The molecule has 0 saturated carbocycles. The van der Waals surface area contributed by atoms with Gasteiger partial charge in [-0.1, -0.05) is 6.42 Å². The predicted octanol–water partition coefficient (Wildman–Crippen LogP) is 1.43. The van der Waals surface area contributed by atoms with Gasteiger partial charge in [-0.25, -0.2) is 12.7 Å². The van der Waals surface area contributed by atoms with E-state index in [1.54, 1.807) is 6.92 Å². The molecule has 0 radical (unpaired) electrons. The molecular weight excluding hydrogens is 326 g/mol. The highest BCUT2D eigenvalue weighted by Gasteiger charge is 2.31. The van der Waals surface area contributed by atoms with Crippen molar-refractivity contribution in [2.24, 2.45) is 5.92 Å². The zero-order valence-corrected chi connectivity index (χ0v) is 16.0. The average Bonchev–Trinajstić information content (AvgIpc) is 2.60. The molecule has 0 aromatic heterocycles. The molecule has 2 saturated heterocycles. The van der Waals surface area contributed by atoms with Crippen molar-refractivity contribution >= 4 is 15.9 Å². The van der Waals surface area contributed by atoms with E-state index >= 15 is 0 Å². The van der Waals surface area contributed by atoms with Gasteiger partial charge >= 0.3 is 0 Å². The van der Waals surface area contributed by atoms with Crippen molar-refractivity contribution in [2.45, 2.75) is 58.4 Å². The fourth-order valence-electron chi connectivity index (χ4n) is 3.72. The molecular formula is C17H33N3O3S. The SMILES string of the molecule is CCS(=O)(=O)N1CCCC(C(=O)NCCCN2CCCCC2C)C1. The van der Waals surface area contributed by atoms with E-state index in [4.69, 9.17) is 0 Å². The summed E-state index contributed by atoms with van der Waals surface area (Å²) in [5.74, 6) is -0.0818. The van der Waals surface area contributed by atoms with Crippen LogP contribution >= 0.6 is 0 Å². The molecule has 140 valence electrons. The van der Waals surface area contributed by atoms with Gasteiger partial charge in [0.2, 0.25) is 15.9 Å². The van der Waals surface area contributed by atoms with Gasteiger partial charge in [0.05, 0.1) is 11.7 Å². The first-order valence-electron chi connectivity index (χ1n) is 9.43. The predicted molar refractivity (Wildman–Crippen MR) is 96.3 cm³/mol. The summed E-state index contributed by atoms with van der Waals surface area (Å²) in [5, 5.41) is 3.01. The van der Waals surface area contributed by atoms with Crippen LogP contribution in [0.1, 0.15) is 52.4 Å². The van der Waals surface area contributed by atoms with Gasteiger partial charge in [0.25, 0.3) is 0 Å². The Hall–Kier alpha value is -0.660. The molecule has 0 aliphatic carbocycles. The largest absolute Gasteiger partial charge is 0.356 e. The maximum atomic E-state index is 12.3. The average molecular weight is 360 g/mol. The highest BCUT2D eigenvalue weighted by molar-refractivity contribution is 7.89. The second-order valence-corrected chi connectivity index (χ2v) is 9.38. The van der Waals surface area contributed by atoms with E-state index in [-0.39, 0.29) is 17.6 Å². The van der Waals surface area contributed by atoms with Gasteiger partial charge in [-0.15, -0.1) is 0 Å². The number of nitrogens with one attached hydrogen (secondary N) is 1. The highest BCUT2D eigenvalue weighted by Crippen LogP contribution is 2.20. The van der Waals surface area contributed by atoms with Crippen LogP contribution in [0, 0.1) is 5.92 Å². The Bertz CT molecular complexity index is 509. The standard InChI is InChI=1S/C17H33N3O3S/c1-3-24(22,23)20-13-6-9-16(14-20)17(21)18-10-7-12-19-11-5-4-8-15(19)2/h15-16H,3-14H2,1-2H3,(H,18,21). The first-order chi connectivity index (χ1) is 11.4. The van der Waals surface area contributed by atoms with Crippen LogP contribution < -0.4 is 5.32 Å². The Morgan fingerprint density at radius 1 is 1.17 bits per heavy atom. The Balaban J connectivity index is 1.70. The molecule has 0 spiro atoms. The van der Waals surface area contributed by atoms with Gasteiger partial charge in [0, 0.05) is 32.2 Å². The fraction of sp³-hybridized carbons (Fsp3) is 0.941. The smallest absolute Gasteiger partial charge is 0.224 e. The molecule has 2 unspecified atom stereocenters. The molecule has 2 fully saturated rings. The van der Waals surface area contributed by atoms with E-state index in [2.05, 4.69) is 17.1 Å². The summed E-state index contributed by atoms with van der Waals surface area (Å²) >= 11 is 0. The molecule has 6 nitrogen and oxygen atoms in total. The number of rotatable bonds is 7. The van der Waals surface area contributed by atoms with Crippen LogP contribution in [0.25, 0.3) is 0 Å². The van der Waals surface area contributed by atoms with Gasteiger partial charge in [-0.05, 0) is 52.5 Å². The number of carbonyl (C=O) groups is 1. The van der Waals surface area contributed by atoms with E-state index < -0.39 is 10.0 Å². The molecule has 0 bridgehead atoms. The minimum Gasteiger partial charge on any atom is -0.356 e. The maximum absolute atomic E-state index is 12.3. The van der Waals surface area contributed by atoms with Crippen LogP contribution in [-0.4, -0.2) is 68.0 Å². The molecule has 2 aliphatic rings.